The molecule has 3 heteroatoms. The Morgan fingerprint density at radius 3 is 2.30 bits per heavy atom. The fourth-order valence-corrected chi connectivity index (χ4v) is 3.04. The van der Waals surface area contributed by atoms with Crippen molar-refractivity contribution in [1.82, 2.24) is 10.3 Å². The van der Waals surface area contributed by atoms with Crippen LogP contribution in [0.25, 0.3) is 10.6 Å². The van der Waals surface area contributed by atoms with E-state index in [4.69, 9.17) is 4.98 Å². The molecule has 108 valence electrons. The highest BCUT2D eigenvalue weighted by atomic mass is 32.1. The summed E-state index contributed by atoms with van der Waals surface area (Å²) < 4.78 is 0. The second-order valence-electron chi connectivity index (χ2n) is 5.84. The van der Waals surface area contributed by atoms with Crippen LogP contribution in [0.5, 0.6) is 0 Å². The van der Waals surface area contributed by atoms with E-state index in [1.807, 2.05) is 0 Å². The summed E-state index contributed by atoms with van der Waals surface area (Å²) in [6.45, 7) is 11.8. The third-order valence-electron chi connectivity index (χ3n) is 3.39. The Hall–Kier alpha value is -1.19. The van der Waals surface area contributed by atoms with Gasteiger partial charge in [0.05, 0.1) is 5.69 Å². The van der Waals surface area contributed by atoms with Crippen LogP contribution in [-0.4, -0.2) is 11.0 Å². The minimum atomic E-state index is 0.505. The summed E-state index contributed by atoms with van der Waals surface area (Å²) in [7, 11) is 0. The molecular formula is C17H24N2S. The number of thiazole rings is 1. The fraction of sp³-hybridized carbons (Fsp3) is 0.471. The molecule has 0 fully saturated rings. The van der Waals surface area contributed by atoms with Gasteiger partial charge in [-0.1, -0.05) is 52.0 Å². The monoisotopic (exact) mass is 288 g/mol. The first-order valence-corrected chi connectivity index (χ1v) is 8.09. The minimum absolute atomic E-state index is 0.505. The lowest BCUT2D eigenvalue weighted by Gasteiger charge is -2.06. The molecular weight excluding hydrogens is 264 g/mol. The van der Waals surface area contributed by atoms with E-state index < -0.39 is 0 Å². The summed E-state index contributed by atoms with van der Waals surface area (Å²) in [4.78, 5) is 6.05. The highest BCUT2D eigenvalue weighted by molar-refractivity contribution is 7.15. The highest BCUT2D eigenvalue weighted by Gasteiger charge is 2.10. The van der Waals surface area contributed by atoms with Crippen LogP contribution >= 0.6 is 11.3 Å². The van der Waals surface area contributed by atoms with Gasteiger partial charge in [-0.25, -0.2) is 4.98 Å². The Morgan fingerprint density at radius 1 is 1.10 bits per heavy atom. The molecule has 2 aromatic rings. The molecule has 1 aromatic heterocycles. The average molecular weight is 288 g/mol. The smallest absolute Gasteiger partial charge is 0.123 e. The first-order chi connectivity index (χ1) is 9.47. The van der Waals surface area contributed by atoms with Crippen LogP contribution in [0.1, 0.15) is 49.7 Å². The van der Waals surface area contributed by atoms with Crippen LogP contribution in [0.4, 0.5) is 0 Å². The molecule has 0 aliphatic carbocycles. The van der Waals surface area contributed by atoms with E-state index in [1.165, 1.54) is 16.0 Å². The molecule has 2 rings (SSSR count). The average Bonchev–Trinajstić information content (AvgIpc) is 2.78. The summed E-state index contributed by atoms with van der Waals surface area (Å²) in [5.41, 5.74) is 3.74. The quantitative estimate of drug-likeness (QED) is 0.859. The van der Waals surface area contributed by atoms with Crippen molar-refractivity contribution < 1.29 is 0 Å². The largest absolute Gasteiger partial charge is 0.310 e. The van der Waals surface area contributed by atoms with Gasteiger partial charge in [-0.15, -0.1) is 11.3 Å². The summed E-state index contributed by atoms with van der Waals surface area (Å²) in [6, 6.07) is 9.30. The zero-order valence-corrected chi connectivity index (χ0v) is 13.8. The van der Waals surface area contributed by atoms with Crippen LogP contribution in [0.3, 0.4) is 0 Å². The summed E-state index contributed by atoms with van der Waals surface area (Å²) in [5, 5.41) is 4.59. The van der Waals surface area contributed by atoms with Gasteiger partial charge in [0.15, 0.2) is 0 Å². The SMILES string of the molecule is Cc1nc(-c2ccc(C(C)C)cc2)sc1CNC(C)C. The van der Waals surface area contributed by atoms with Crippen LogP contribution in [-0.2, 0) is 6.54 Å². The second-order valence-corrected chi connectivity index (χ2v) is 6.92. The standard InChI is InChI=1S/C17H24N2S/c1-11(2)14-6-8-15(9-7-14)17-19-13(5)16(20-17)10-18-12(3)4/h6-9,11-12,18H,10H2,1-5H3. The zero-order chi connectivity index (χ0) is 14.7. The van der Waals surface area contributed by atoms with Gasteiger partial charge < -0.3 is 5.32 Å². The third-order valence-corrected chi connectivity index (χ3v) is 4.59. The first kappa shape index (κ1) is 15.2. The molecule has 0 unspecified atom stereocenters. The molecule has 0 bridgehead atoms. The number of nitrogens with zero attached hydrogens (tertiary/aromatic N) is 1. The van der Waals surface area contributed by atoms with Crippen molar-refractivity contribution >= 4 is 11.3 Å². The molecule has 0 aliphatic heterocycles. The van der Waals surface area contributed by atoms with Gasteiger partial charge in [0, 0.05) is 23.0 Å². The lowest BCUT2D eigenvalue weighted by molar-refractivity contribution is 0.591. The van der Waals surface area contributed by atoms with Crippen molar-refractivity contribution in [2.24, 2.45) is 0 Å². The third kappa shape index (κ3) is 3.68. The molecule has 1 aromatic carbocycles. The predicted octanol–water partition coefficient (Wildman–Crippen LogP) is 4.74. The molecule has 1 heterocycles. The van der Waals surface area contributed by atoms with Gasteiger partial charge in [0.25, 0.3) is 0 Å². The maximum Gasteiger partial charge on any atom is 0.123 e. The Labute approximate surface area is 126 Å². The number of aryl methyl sites for hydroxylation is 1. The summed E-state index contributed by atoms with van der Waals surface area (Å²) in [6.07, 6.45) is 0. The Balaban J connectivity index is 2.18. The van der Waals surface area contributed by atoms with Crippen molar-refractivity contribution in [2.45, 2.75) is 53.1 Å². The lowest BCUT2D eigenvalue weighted by Crippen LogP contribution is -2.21. The van der Waals surface area contributed by atoms with E-state index in [-0.39, 0.29) is 0 Å². The van der Waals surface area contributed by atoms with E-state index in [0.29, 0.717) is 12.0 Å². The maximum atomic E-state index is 4.71. The van der Waals surface area contributed by atoms with Crippen LogP contribution in [0.2, 0.25) is 0 Å². The van der Waals surface area contributed by atoms with Gasteiger partial charge in [-0.05, 0) is 18.4 Å². The van der Waals surface area contributed by atoms with Gasteiger partial charge in [0.1, 0.15) is 5.01 Å². The van der Waals surface area contributed by atoms with Gasteiger partial charge in [-0.2, -0.15) is 0 Å². The topological polar surface area (TPSA) is 24.9 Å². The molecule has 1 N–H and O–H groups in total. The second kappa shape index (κ2) is 6.51. The van der Waals surface area contributed by atoms with Crippen molar-refractivity contribution in [2.75, 3.05) is 0 Å². The zero-order valence-electron chi connectivity index (χ0n) is 13.0. The van der Waals surface area contributed by atoms with Crippen LogP contribution < -0.4 is 5.32 Å². The molecule has 0 aliphatic rings. The highest BCUT2D eigenvalue weighted by Crippen LogP contribution is 2.29. The van der Waals surface area contributed by atoms with Gasteiger partial charge in [0.2, 0.25) is 0 Å². The van der Waals surface area contributed by atoms with Crippen molar-refractivity contribution in [3.8, 4) is 10.6 Å². The Bertz CT molecular complexity index is 553. The van der Waals surface area contributed by atoms with E-state index in [1.54, 1.807) is 11.3 Å². The normalized spacial score (nSPS) is 11.6. The molecule has 0 spiro atoms. The number of nitrogens with one attached hydrogen (secondary N) is 1. The maximum absolute atomic E-state index is 4.71. The van der Waals surface area contributed by atoms with Crippen LogP contribution in [0, 0.1) is 6.92 Å². The minimum Gasteiger partial charge on any atom is -0.310 e. The van der Waals surface area contributed by atoms with Crippen molar-refractivity contribution in [1.29, 1.82) is 0 Å². The van der Waals surface area contributed by atoms with Gasteiger partial charge in [-0.3, -0.25) is 0 Å². The summed E-state index contributed by atoms with van der Waals surface area (Å²) in [5.74, 6) is 0.577. The number of rotatable bonds is 5. The number of hydrogen-bond donors (Lipinski definition) is 1. The van der Waals surface area contributed by atoms with Crippen LogP contribution in [0.15, 0.2) is 24.3 Å². The van der Waals surface area contributed by atoms with Gasteiger partial charge >= 0.3 is 0 Å². The molecule has 2 nitrogen and oxygen atoms in total. The molecule has 0 radical (unpaired) electrons. The first-order valence-electron chi connectivity index (χ1n) is 7.27. The summed E-state index contributed by atoms with van der Waals surface area (Å²) >= 11 is 1.80. The molecule has 20 heavy (non-hydrogen) atoms. The molecule has 0 amide bonds. The molecule has 0 saturated heterocycles. The molecule has 0 saturated carbocycles. The molecule has 0 atom stereocenters. The van der Waals surface area contributed by atoms with E-state index in [0.717, 1.165) is 17.2 Å². The van der Waals surface area contributed by atoms with Crippen molar-refractivity contribution in [3.05, 3.63) is 40.4 Å². The van der Waals surface area contributed by atoms with E-state index in [9.17, 15) is 0 Å². The lowest BCUT2D eigenvalue weighted by atomic mass is 10.0. The Kier molecular flexibility index (Phi) is 4.95. The van der Waals surface area contributed by atoms with Crippen molar-refractivity contribution in [3.63, 3.8) is 0 Å². The Morgan fingerprint density at radius 2 is 1.75 bits per heavy atom. The number of hydrogen-bond acceptors (Lipinski definition) is 3. The van der Waals surface area contributed by atoms with E-state index in [2.05, 4.69) is 64.2 Å². The van der Waals surface area contributed by atoms with E-state index >= 15 is 0 Å². The predicted molar refractivity (Wildman–Crippen MR) is 88.4 cm³/mol. The number of benzene rings is 1. The fourth-order valence-electron chi connectivity index (χ4n) is 2.02. The number of aromatic nitrogens is 1.